The minimum Gasteiger partial charge on any atom is -0.467 e. The van der Waals surface area contributed by atoms with Crippen molar-refractivity contribution >= 4 is 34.3 Å². The van der Waals surface area contributed by atoms with Crippen molar-refractivity contribution in [2.45, 2.75) is 6.54 Å². The lowest BCUT2D eigenvalue weighted by Crippen LogP contribution is -2.28. The van der Waals surface area contributed by atoms with Crippen LogP contribution in [0.5, 0.6) is 0 Å². The van der Waals surface area contributed by atoms with E-state index < -0.39 is 0 Å². The summed E-state index contributed by atoms with van der Waals surface area (Å²) in [6, 6.07) is 17.3. The Morgan fingerprint density at radius 3 is 2.69 bits per heavy atom. The molecule has 3 heterocycles. The summed E-state index contributed by atoms with van der Waals surface area (Å²) in [7, 11) is 0. The topological polar surface area (TPSA) is 75.9 Å². The lowest BCUT2D eigenvalue weighted by Gasteiger charge is -2.09. The summed E-state index contributed by atoms with van der Waals surface area (Å²) < 4.78 is 5.26. The molecule has 2 N–H and O–H groups in total. The Labute approximate surface area is 155 Å². The van der Waals surface area contributed by atoms with Crippen molar-refractivity contribution in [1.29, 1.82) is 0 Å². The standard InChI is InChI=1S/C19H15N5OS/c26-19(21-11-14-7-4-10-25-14)24-17-9-8-15-18(23-17)22-16(12-20-15)13-5-2-1-3-6-13/h1-10,12H,11H2,(H2,21,22,23,24,26). The molecular formula is C19H15N5OS. The third-order valence-electron chi connectivity index (χ3n) is 3.72. The Morgan fingerprint density at radius 2 is 1.88 bits per heavy atom. The van der Waals surface area contributed by atoms with Gasteiger partial charge in [0.2, 0.25) is 0 Å². The number of benzene rings is 1. The van der Waals surface area contributed by atoms with E-state index in [1.165, 1.54) is 0 Å². The van der Waals surface area contributed by atoms with Crippen LogP contribution in [0.4, 0.5) is 5.82 Å². The van der Waals surface area contributed by atoms with Crippen LogP contribution in [0.2, 0.25) is 0 Å². The van der Waals surface area contributed by atoms with Crippen LogP contribution in [-0.2, 0) is 6.54 Å². The lowest BCUT2D eigenvalue weighted by atomic mass is 10.2. The second kappa shape index (κ2) is 7.28. The van der Waals surface area contributed by atoms with Crippen molar-refractivity contribution in [3.63, 3.8) is 0 Å². The van der Waals surface area contributed by atoms with Gasteiger partial charge in [-0.25, -0.2) is 9.97 Å². The number of fused-ring (bicyclic) bond motifs is 1. The average molecular weight is 361 g/mol. The van der Waals surface area contributed by atoms with Gasteiger partial charge in [-0.05, 0) is 36.5 Å². The zero-order chi connectivity index (χ0) is 17.8. The second-order valence-corrected chi connectivity index (χ2v) is 5.96. The number of thiocarbonyl (C=S) groups is 1. The molecule has 0 saturated carbocycles. The van der Waals surface area contributed by atoms with Crippen LogP contribution in [0, 0.1) is 0 Å². The fourth-order valence-electron chi connectivity index (χ4n) is 2.46. The van der Waals surface area contributed by atoms with Crippen LogP contribution >= 0.6 is 12.2 Å². The van der Waals surface area contributed by atoms with E-state index in [2.05, 4.69) is 25.6 Å². The predicted molar refractivity (Wildman–Crippen MR) is 105 cm³/mol. The first-order valence-electron chi connectivity index (χ1n) is 8.04. The van der Waals surface area contributed by atoms with E-state index in [1.807, 2.05) is 54.6 Å². The van der Waals surface area contributed by atoms with Crippen molar-refractivity contribution in [1.82, 2.24) is 20.3 Å². The summed E-state index contributed by atoms with van der Waals surface area (Å²) in [6.07, 6.45) is 3.38. The summed E-state index contributed by atoms with van der Waals surface area (Å²) in [5, 5.41) is 6.58. The Balaban J connectivity index is 1.51. The first-order chi connectivity index (χ1) is 12.8. The lowest BCUT2D eigenvalue weighted by molar-refractivity contribution is 0.503. The normalized spacial score (nSPS) is 10.6. The van der Waals surface area contributed by atoms with Crippen molar-refractivity contribution in [3.8, 4) is 11.3 Å². The quantitative estimate of drug-likeness (QED) is 0.536. The van der Waals surface area contributed by atoms with Crippen molar-refractivity contribution in [2.24, 2.45) is 0 Å². The maximum Gasteiger partial charge on any atom is 0.180 e. The fourth-order valence-corrected chi connectivity index (χ4v) is 2.63. The number of rotatable bonds is 4. The second-order valence-electron chi connectivity index (χ2n) is 5.55. The minimum absolute atomic E-state index is 0.459. The zero-order valence-corrected chi connectivity index (χ0v) is 14.5. The molecular weight excluding hydrogens is 346 g/mol. The number of aromatic nitrogens is 3. The van der Waals surface area contributed by atoms with E-state index in [1.54, 1.807) is 12.5 Å². The maximum atomic E-state index is 5.29. The molecule has 26 heavy (non-hydrogen) atoms. The van der Waals surface area contributed by atoms with Gasteiger partial charge in [-0.3, -0.25) is 4.98 Å². The molecule has 0 aliphatic rings. The summed E-state index contributed by atoms with van der Waals surface area (Å²) in [6.45, 7) is 0.504. The number of nitrogens with zero attached hydrogens (tertiary/aromatic N) is 3. The molecule has 0 radical (unpaired) electrons. The van der Waals surface area contributed by atoms with Gasteiger partial charge in [-0.1, -0.05) is 30.3 Å². The Hall–Kier alpha value is -3.32. The number of pyridine rings is 1. The number of nitrogens with one attached hydrogen (secondary N) is 2. The molecule has 4 rings (SSSR count). The van der Waals surface area contributed by atoms with Gasteiger partial charge in [-0.2, -0.15) is 0 Å². The van der Waals surface area contributed by atoms with E-state index in [0.717, 1.165) is 22.5 Å². The highest BCUT2D eigenvalue weighted by Crippen LogP contribution is 2.19. The molecule has 0 spiro atoms. The third kappa shape index (κ3) is 3.68. The molecule has 0 unspecified atom stereocenters. The number of hydrogen-bond acceptors (Lipinski definition) is 5. The van der Waals surface area contributed by atoms with Crippen molar-refractivity contribution in [2.75, 3.05) is 5.32 Å². The highest BCUT2D eigenvalue weighted by Gasteiger charge is 2.06. The first kappa shape index (κ1) is 16.2. The highest BCUT2D eigenvalue weighted by atomic mass is 32.1. The first-order valence-corrected chi connectivity index (χ1v) is 8.45. The average Bonchev–Trinajstić information content (AvgIpc) is 3.20. The largest absolute Gasteiger partial charge is 0.467 e. The van der Waals surface area contributed by atoms with Crippen LogP contribution in [-0.4, -0.2) is 20.1 Å². The van der Waals surface area contributed by atoms with Crippen LogP contribution in [0.1, 0.15) is 5.76 Å². The fraction of sp³-hybridized carbons (Fsp3) is 0.0526. The van der Waals surface area contributed by atoms with Gasteiger partial charge in [0.25, 0.3) is 0 Å². The number of anilines is 1. The molecule has 0 aliphatic heterocycles. The van der Waals surface area contributed by atoms with E-state index in [4.69, 9.17) is 16.6 Å². The Bertz CT molecular complexity index is 1030. The smallest absolute Gasteiger partial charge is 0.180 e. The number of hydrogen-bond donors (Lipinski definition) is 2. The Kier molecular flexibility index (Phi) is 4.53. The Morgan fingerprint density at radius 1 is 1.00 bits per heavy atom. The molecule has 4 aromatic rings. The van der Waals surface area contributed by atoms with Gasteiger partial charge in [0.05, 0.1) is 24.7 Å². The van der Waals surface area contributed by atoms with Gasteiger partial charge in [0, 0.05) is 5.56 Å². The van der Waals surface area contributed by atoms with Crippen molar-refractivity contribution < 1.29 is 4.42 Å². The minimum atomic E-state index is 0.459. The highest BCUT2D eigenvalue weighted by molar-refractivity contribution is 7.80. The molecule has 3 aromatic heterocycles. The maximum absolute atomic E-state index is 5.29. The van der Waals surface area contributed by atoms with Gasteiger partial charge < -0.3 is 15.1 Å². The zero-order valence-electron chi connectivity index (χ0n) is 13.7. The van der Waals surface area contributed by atoms with Gasteiger partial charge in [0.1, 0.15) is 17.1 Å². The molecule has 1 aromatic carbocycles. The molecule has 6 nitrogen and oxygen atoms in total. The van der Waals surface area contributed by atoms with E-state index in [9.17, 15) is 0 Å². The van der Waals surface area contributed by atoms with E-state index >= 15 is 0 Å². The summed E-state index contributed by atoms with van der Waals surface area (Å²) >= 11 is 5.29. The predicted octanol–water partition coefficient (Wildman–Crippen LogP) is 3.77. The molecule has 0 aliphatic carbocycles. The molecule has 7 heteroatoms. The molecule has 128 valence electrons. The monoisotopic (exact) mass is 361 g/mol. The van der Waals surface area contributed by atoms with Crippen LogP contribution < -0.4 is 10.6 Å². The molecule has 0 atom stereocenters. The summed E-state index contributed by atoms with van der Waals surface area (Å²) in [4.78, 5) is 13.6. The van der Waals surface area contributed by atoms with E-state index in [-0.39, 0.29) is 0 Å². The van der Waals surface area contributed by atoms with Crippen LogP contribution in [0.3, 0.4) is 0 Å². The summed E-state index contributed by atoms with van der Waals surface area (Å²) in [5.41, 5.74) is 3.06. The number of furan rings is 1. The third-order valence-corrected chi connectivity index (χ3v) is 3.97. The summed E-state index contributed by atoms with van der Waals surface area (Å²) in [5.74, 6) is 1.41. The van der Waals surface area contributed by atoms with Crippen LogP contribution in [0.15, 0.2) is 71.5 Å². The molecule has 0 fully saturated rings. The van der Waals surface area contributed by atoms with Gasteiger partial charge in [0.15, 0.2) is 10.8 Å². The van der Waals surface area contributed by atoms with Crippen LogP contribution in [0.25, 0.3) is 22.4 Å². The van der Waals surface area contributed by atoms with Crippen molar-refractivity contribution in [3.05, 3.63) is 72.8 Å². The SMILES string of the molecule is S=C(NCc1ccco1)Nc1ccc2ncc(-c3ccccc3)nc2n1. The molecule has 0 bridgehead atoms. The van der Waals surface area contributed by atoms with Gasteiger partial charge >= 0.3 is 0 Å². The molecule has 0 saturated heterocycles. The van der Waals surface area contributed by atoms with E-state index in [0.29, 0.717) is 23.1 Å². The van der Waals surface area contributed by atoms with Gasteiger partial charge in [-0.15, -0.1) is 0 Å². The molecule has 0 amide bonds.